The number of benzene rings is 3. The highest BCUT2D eigenvalue weighted by Crippen LogP contribution is 2.36. The first kappa shape index (κ1) is 22.6. The van der Waals surface area contributed by atoms with Crippen molar-refractivity contribution in [1.82, 2.24) is 0 Å². The third kappa shape index (κ3) is 4.02. The lowest BCUT2D eigenvalue weighted by molar-refractivity contribution is -0.139. The zero-order valence-electron chi connectivity index (χ0n) is 18.6. The number of methoxy groups -OCH3 is 1. The van der Waals surface area contributed by atoms with Crippen LogP contribution in [0, 0.1) is 5.92 Å². The summed E-state index contributed by atoms with van der Waals surface area (Å²) in [6.07, 6.45) is -0.0351. The van der Waals surface area contributed by atoms with Gasteiger partial charge in [0.05, 0.1) is 35.5 Å². The summed E-state index contributed by atoms with van der Waals surface area (Å²) in [6.45, 7) is 0.104. The minimum absolute atomic E-state index is 0.0351. The minimum Gasteiger partial charge on any atom is -0.495 e. The fraction of sp³-hybridized carbons (Fsp3) is 0.154. The van der Waals surface area contributed by atoms with E-state index in [0.717, 1.165) is 4.90 Å². The predicted octanol–water partition coefficient (Wildman–Crippen LogP) is 4.11. The Morgan fingerprint density at radius 1 is 0.943 bits per heavy atom. The van der Waals surface area contributed by atoms with E-state index < -0.39 is 23.7 Å². The molecule has 1 fully saturated rings. The fourth-order valence-corrected chi connectivity index (χ4v) is 4.45. The van der Waals surface area contributed by atoms with Crippen molar-refractivity contribution in [2.75, 3.05) is 23.5 Å². The Hall–Kier alpha value is -4.17. The summed E-state index contributed by atoms with van der Waals surface area (Å²) >= 11 is 6.09. The van der Waals surface area contributed by atoms with Crippen molar-refractivity contribution in [1.29, 1.82) is 0 Å². The van der Waals surface area contributed by atoms with E-state index in [1.165, 1.54) is 18.1 Å². The lowest BCUT2D eigenvalue weighted by Crippen LogP contribution is -2.29. The van der Waals surface area contributed by atoms with Gasteiger partial charge >= 0.3 is 5.97 Å². The Morgan fingerprint density at radius 3 is 2.34 bits per heavy atom. The molecule has 9 heteroatoms. The molecule has 0 N–H and O–H groups in total. The molecule has 2 aliphatic rings. The molecule has 35 heavy (non-hydrogen) atoms. The second kappa shape index (κ2) is 8.88. The number of esters is 1. The number of imide groups is 1. The van der Waals surface area contributed by atoms with E-state index in [1.54, 1.807) is 60.7 Å². The van der Waals surface area contributed by atoms with E-state index >= 15 is 0 Å². The van der Waals surface area contributed by atoms with Gasteiger partial charge in [0.25, 0.3) is 11.8 Å². The Kier molecular flexibility index (Phi) is 5.74. The molecule has 3 aromatic carbocycles. The zero-order chi connectivity index (χ0) is 24.7. The molecule has 8 nitrogen and oxygen atoms in total. The number of carbonyl (C=O) groups is 4. The number of ether oxygens (including phenoxy) is 2. The highest BCUT2D eigenvalue weighted by Gasteiger charge is 2.39. The van der Waals surface area contributed by atoms with Crippen molar-refractivity contribution in [3.05, 3.63) is 82.9 Å². The normalized spacial score (nSPS) is 17.1. The van der Waals surface area contributed by atoms with Crippen molar-refractivity contribution < 1.29 is 28.7 Å². The van der Waals surface area contributed by atoms with Gasteiger partial charge in [0.1, 0.15) is 11.5 Å². The van der Waals surface area contributed by atoms with Crippen LogP contribution in [0.2, 0.25) is 5.02 Å². The van der Waals surface area contributed by atoms with Crippen molar-refractivity contribution in [2.45, 2.75) is 6.42 Å². The smallest absolute Gasteiger partial charge is 0.316 e. The molecule has 3 amide bonds. The van der Waals surface area contributed by atoms with Gasteiger partial charge in [0.15, 0.2) is 0 Å². The van der Waals surface area contributed by atoms with Gasteiger partial charge < -0.3 is 14.4 Å². The third-order valence-electron chi connectivity index (χ3n) is 5.98. The maximum Gasteiger partial charge on any atom is 0.316 e. The van der Waals surface area contributed by atoms with Gasteiger partial charge in [-0.15, -0.1) is 0 Å². The molecule has 2 aliphatic heterocycles. The number of carbonyl (C=O) groups excluding carboxylic acids is 4. The van der Waals surface area contributed by atoms with Gasteiger partial charge in [-0.05, 0) is 42.5 Å². The van der Waals surface area contributed by atoms with E-state index in [9.17, 15) is 19.2 Å². The summed E-state index contributed by atoms with van der Waals surface area (Å²) < 4.78 is 10.9. The number of halogens is 1. The third-order valence-corrected chi connectivity index (χ3v) is 6.21. The second-order valence-electron chi connectivity index (χ2n) is 8.13. The van der Waals surface area contributed by atoms with Crippen molar-refractivity contribution in [2.24, 2.45) is 5.92 Å². The van der Waals surface area contributed by atoms with Crippen molar-refractivity contribution in [3.8, 4) is 11.5 Å². The molecule has 5 rings (SSSR count). The molecule has 0 saturated carbocycles. The lowest BCUT2D eigenvalue weighted by atomic mass is 10.1. The van der Waals surface area contributed by atoms with Crippen LogP contribution in [-0.2, 0) is 9.59 Å². The van der Waals surface area contributed by atoms with Gasteiger partial charge in [0, 0.05) is 24.1 Å². The predicted molar refractivity (Wildman–Crippen MR) is 128 cm³/mol. The topological polar surface area (TPSA) is 93.2 Å². The summed E-state index contributed by atoms with van der Waals surface area (Å²) in [5.41, 5.74) is 1.41. The van der Waals surface area contributed by atoms with E-state index in [0.29, 0.717) is 27.6 Å². The maximum absolute atomic E-state index is 12.9. The number of rotatable bonds is 5. The summed E-state index contributed by atoms with van der Waals surface area (Å²) in [6, 6.07) is 17.7. The molecule has 0 bridgehead atoms. The van der Waals surface area contributed by atoms with Crippen LogP contribution in [0.5, 0.6) is 11.5 Å². The number of amides is 3. The van der Waals surface area contributed by atoms with E-state index in [2.05, 4.69) is 0 Å². The first-order chi connectivity index (χ1) is 16.9. The van der Waals surface area contributed by atoms with Crippen LogP contribution < -0.4 is 19.3 Å². The second-order valence-corrected chi connectivity index (χ2v) is 8.57. The highest BCUT2D eigenvalue weighted by molar-refractivity contribution is 6.34. The van der Waals surface area contributed by atoms with Gasteiger partial charge in [-0.25, -0.2) is 4.90 Å². The van der Waals surface area contributed by atoms with Gasteiger partial charge in [0.2, 0.25) is 5.91 Å². The molecule has 1 atom stereocenters. The quantitative estimate of drug-likeness (QED) is 0.303. The van der Waals surface area contributed by atoms with Crippen LogP contribution in [0.3, 0.4) is 0 Å². The zero-order valence-corrected chi connectivity index (χ0v) is 19.3. The Morgan fingerprint density at radius 2 is 1.66 bits per heavy atom. The average molecular weight is 491 g/mol. The van der Waals surface area contributed by atoms with E-state index in [-0.39, 0.29) is 30.3 Å². The largest absolute Gasteiger partial charge is 0.495 e. The first-order valence-corrected chi connectivity index (χ1v) is 11.2. The number of hydrogen-bond donors (Lipinski definition) is 0. The first-order valence-electron chi connectivity index (χ1n) is 10.8. The molecule has 0 spiro atoms. The molecule has 176 valence electrons. The standard InChI is InChI=1S/C26H19ClN2O6/c1-34-22-10-9-16(27)12-21(22)28-14-15(11-23(28)30)26(33)35-18-6-4-5-17(13-18)29-24(31)19-7-2-3-8-20(19)25(29)32/h2-10,12-13,15H,11,14H2,1H3/t15-/m0/s1. The molecule has 1 saturated heterocycles. The van der Waals surface area contributed by atoms with Crippen LogP contribution in [0.4, 0.5) is 11.4 Å². The Balaban J connectivity index is 1.33. The molecular weight excluding hydrogens is 472 g/mol. The summed E-state index contributed by atoms with van der Waals surface area (Å²) in [5, 5.41) is 0.435. The van der Waals surface area contributed by atoms with E-state index in [1.807, 2.05) is 0 Å². The summed E-state index contributed by atoms with van der Waals surface area (Å²) in [4.78, 5) is 53.6. The molecule has 0 aromatic heterocycles. The molecular formula is C26H19ClN2O6. The van der Waals surface area contributed by atoms with Crippen LogP contribution >= 0.6 is 11.6 Å². The number of anilines is 2. The molecule has 3 aromatic rings. The van der Waals surface area contributed by atoms with Crippen LogP contribution in [0.15, 0.2) is 66.7 Å². The average Bonchev–Trinajstić information content (AvgIpc) is 3.37. The van der Waals surface area contributed by atoms with Gasteiger partial charge in [-0.3, -0.25) is 19.2 Å². The number of nitrogens with zero attached hydrogens (tertiary/aromatic N) is 2. The van der Waals surface area contributed by atoms with Crippen LogP contribution in [0.1, 0.15) is 27.1 Å². The van der Waals surface area contributed by atoms with Gasteiger partial charge in [-0.1, -0.05) is 29.8 Å². The molecule has 0 unspecified atom stereocenters. The summed E-state index contributed by atoms with van der Waals surface area (Å²) in [7, 11) is 1.49. The molecule has 2 heterocycles. The number of hydrogen-bond acceptors (Lipinski definition) is 6. The minimum atomic E-state index is -0.714. The SMILES string of the molecule is COc1ccc(Cl)cc1N1C[C@@H](C(=O)Oc2cccc(N3C(=O)c4ccccc4C3=O)c2)CC1=O. The summed E-state index contributed by atoms with van der Waals surface area (Å²) in [5.74, 6) is -1.83. The lowest BCUT2D eigenvalue weighted by Gasteiger charge is -2.19. The fourth-order valence-electron chi connectivity index (χ4n) is 4.28. The van der Waals surface area contributed by atoms with Crippen LogP contribution in [-0.4, -0.2) is 37.3 Å². The maximum atomic E-state index is 12.9. The Labute approximate surface area is 205 Å². The number of fused-ring (bicyclic) bond motifs is 1. The van der Waals surface area contributed by atoms with Crippen molar-refractivity contribution >= 4 is 46.7 Å². The molecule has 0 radical (unpaired) electrons. The van der Waals surface area contributed by atoms with Gasteiger partial charge in [-0.2, -0.15) is 0 Å². The monoisotopic (exact) mass is 490 g/mol. The highest BCUT2D eigenvalue weighted by atomic mass is 35.5. The molecule has 0 aliphatic carbocycles. The van der Waals surface area contributed by atoms with E-state index in [4.69, 9.17) is 21.1 Å². The van der Waals surface area contributed by atoms with Crippen LogP contribution in [0.25, 0.3) is 0 Å². The Bertz CT molecular complexity index is 1350. The van der Waals surface area contributed by atoms with Crippen molar-refractivity contribution in [3.63, 3.8) is 0 Å².